The summed E-state index contributed by atoms with van der Waals surface area (Å²) in [6.45, 7) is 0. The molecular weight excluding hydrogens is 227 g/mol. The topological polar surface area (TPSA) is 9.23 Å². The van der Waals surface area contributed by atoms with E-state index in [4.69, 9.17) is 4.74 Å². The van der Waals surface area contributed by atoms with Gasteiger partial charge in [0.2, 0.25) is 0 Å². The van der Waals surface area contributed by atoms with Crippen molar-refractivity contribution < 1.29 is 9.13 Å². The van der Waals surface area contributed by atoms with E-state index in [9.17, 15) is 4.39 Å². The second kappa shape index (κ2) is 4.60. The van der Waals surface area contributed by atoms with Crippen molar-refractivity contribution in [3.05, 3.63) is 52.6 Å². The van der Waals surface area contributed by atoms with E-state index in [1.165, 1.54) is 31.1 Å². The molecule has 0 spiro atoms. The maximum Gasteiger partial charge on any atom is 0.168 e. The lowest BCUT2D eigenvalue weighted by Gasteiger charge is -2.16. The van der Waals surface area contributed by atoms with Crippen molar-refractivity contribution in [2.75, 3.05) is 7.11 Å². The molecular formula is C16H17FO. The molecule has 1 aromatic carbocycles. The zero-order valence-electron chi connectivity index (χ0n) is 10.6. The van der Waals surface area contributed by atoms with Crippen LogP contribution in [0.2, 0.25) is 0 Å². The monoisotopic (exact) mass is 244 g/mol. The maximum absolute atomic E-state index is 14.2. The molecule has 0 aromatic heterocycles. The van der Waals surface area contributed by atoms with E-state index in [1.807, 2.05) is 6.08 Å². The number of methoxy groups -OCH3 is 1. The average molecular weight is 244 g/mol. The van der Waals surface area contributed by atoms with Crippen molar-refractivity contribution in [2.24, 2.45) is 0 Å². The lowest BCUT2D eigenvalue weighted by atomic mass is 9.93. The third kappa shape index (κ3) is 1.86. The second-order valence-electron chi connectivity index (χ2n) is 4.94. The summed E-state index contributed by atoms with van der Waals surface area (Å²) in [5.41, 5.74) is 4.64. The van der Waals surface area contributed by atoms with Gasteiger partial charge in [-0.05, 0) is 60.4 Å². The van der Waals surface area contributed by atoms with E-state index >= 15 is 0 Å². The Bertz CT molecular complexity index is 540. The van der Waals surface area contributed by atoms with Gasteiger partial charge in [0.15, 0.2) is 11.6 Å². The number of hydrogen-bond donors (Lipinski definition) is 0. The van der Waals surface area contributed by atoms with Gasteiger partial charge in [0.1, 0.15) is 0 Å². The summed E-state index contributed by atoms with van der Waals surface area (Å²) in [7, 11) is 1.52. The van der Waals surface area contributed by atoms with Crippen molar-refractivity contribution in [2.45, 2.75) is 32.1 Å². The molecule has 18 heavy (non-hydrogen) atoms. The summed E-state index contributed by atoms with van der Waals surface area (Å²) in [6.07, 6.45) is 6.96. The van der Waals surface area contributed by atoms with E-state index in [1.54, 1.807) is 0 Å². The minimum atomic E-state index is -0.193. The van der Waals surface area contributed by atoms with Gasteiger partial charge in [-0.1, -0.05) is 18.2 Å². The fourth-order valence-corrected chi connectivity index (χ4v) is 2.90. The second-order valence-corrected chi connectivity index (χ2v) is 4.94. The van der Waals surface area contributed by atoms with Crippen LogP contribution in [0.4, 0.5) is 4.39 Å². The van der Waals surface area contributed by atoms with Gasteiger partial charge in [-0.15, -0.1) is 0 Å². The van der Waals surface area contributed by atoms with Gasteiger partial charge in [-0.3, -0.25) is 0 Å². The van der Waals surface area contributed by atoms with Crippen LogP contribution in [-0.4, -0.2) is 7.11 Å². The van der Waals surface area contributed by atoms with E-state index in [2.05, 4.69) is 18.2 Å². The fraction of sp³-hybridized carbons (Fsp3) is 0.375. The molecule has 0 atom stereocenters. The van der Waals surface area contributed by atoms with Crippen molar-refractivity contribution in [1.29, 1.82) is 0 Å². The molecule has 2 heteroatoms. The highest BCUT2D eigenvalue weighted by Gasteiger charge is 2.19. The summed E-state index contributed by atoms with van der Waals surface area (Å²) >= 11 is 0. The van der Waals surface area contributed by atoms with Crippen LogP contribution in [0.15, 0.2) is 35.9 Å². The van der Waals surface area contributed by atoms with Gasteiger partial charge < -0.3 is 4.74 Å². The standard InChI is InChI=1S/C16H17FO/c1-18-15-7-3-6-14(16(15)17)13-9-8-11-4-2-5-12(11)10-13/h7-10H,2-6H2,1H3. The van der Waals surface area contributed by atoms with Crippen LogP contribution in [0.3, 0.4) is 0 Å². The highest BCUT2D eigenvalue weighted by Crippen LogP contribution is 2.35. The zero-order chi connectivity index (χ0) is 12.5. The van der Waals surface area contributed by atoms with Crippen LogP contribution in [0.1, 0.15) is 36.0 Å². The fourth-order valence-electron chi connectivity index (χ4n) is 2.90. The predicted octanol–water partition coefficient (Wildman–Crippen LogP) is 4.18. The molecule has 2 aliphatic rings. The Morgan fingerprint density at radius 1 is 1.11 bits per heavy atom. The third-order valence-electron chi connectivity index (χ3n) is 3.87. The number of benzene rings is 1. The minimum absolute atomic E-state index is 0.193. The SMILES string of the molecule is COC1=CCCC(c2ccc3c(c2)CCC3)=C1F. The Balaban J connectivity index is 2.02. The summed E-state index contributed by atoms with van der Waals surface area (Å²) in [6, 6.07) is 6.37. The molecule has 0 radical (unpaired) electrons. The van der Waals surface area contributed by atoms with Gasteiger partial charge in [-0.25, -0.2) is 4.39 Å². The van der Waals surface area contributed by atoms with Crippen molar-refractivity contribution in [3.8, 4) is 0 Å². The summed E-state index contributed by atoms with van der Waals surface area (Å²) in [5, 5.41) is 0. The number of allylic oxidation sites excluding steroid dienone is 3. The molecule has 1 nitrogen and oxygen atoms in total. The first kappa shape index (κ1) is 11.5. The zero-order valence-corrected chi connectivity index (χ0v) is 10.6. The number of aryl methyl sites for hydroxylation is 2. The van der Waals surface area contributed by atoms with Crippen LogP contribution in [-0.2, 0) is 17.6 Å². The Morgan fingerprint density at radius 2 is 1.94 bits per heavy atom. The lowest BCUT2D eigenvalue weighted by molar-refractivity contribution is 0.280. The molecule has 0 amide bonds. The molecule has 0 heterocycles. The van der Waals surface area contributed by atoms with Crippen LogP contribution in [0, 0.1) is 0 Å². The highest BCUT2D eigenvalue weighted by molar-refractivity contribution is 5.72. The molecule has 0 fully saturated rings. The number of halogens is 1. The smallest absolute Gasteiger partial charge is 0.168 e. The van der Waals surface area contributed by atoms with Gasteiger partial charge >= 0.3 is 0 Å². The molecule has 3 rings (SSSR count). The van der Waals surface area contributed by atoms with E-state index in [0.717, 1.165) is 30.4 Å². The number of hydrogen-bond acceptors (Lipinski definition) is 1. The van der Waals surface area contributed by atoms with Crippen LogP contribution >= 0.6 is 0 Å². The number of fused-ring (bicyclic) bond motifs is 1. The Morgan fingerprint density at radius 3 is 2.78 bits per heavy atom. The predicted molar refractivity (Wildman–Crippen MR) is 70.8 cm³/mol. The number of ether oxygens (including phenoxy) is 1. The van der Waals surface area contributed by atoms with Gasteiger partial charge in [0.25, 0.3) is 0 Å². The van der Waals surface area contributed by atoms with E-state index in [0.29, 0.717) is 5.76 Å². The lowest BCUT2D eigenvalue weighted by Crippen LogP contribution is -2.00. The molecule has 1 aromatic rings. The maximum atomic E-state index is 14.2. The van der Waals surface area contributed by atoms with Crippen molar-refractivity contribution >= 4 is 5.57 Å². The largest absolute Gasteiger partial charge is 0.494 e. The summed E-state index contributed by atoms with van der Waals surface area (Å²) < 4.78 is 19.3. The Kier molecular flexibility index (Phi) is 2.94. The summed E-state index contributed by atoms with van der Waals surface area (Å²) in [5.74, 6) is 0.193. The van der Waals surface area contributed by atoms with Crippen LogP contribution < -0.4 is 0 Å². The number of rotatable bonds is 2. The first-order valence-electron chi connectivity index (χ1n) is 6.55. The minimum Gasteiger partial charge on any atom is -0.494 e. The van der Waals surface area contributed by atoms with Gasteiger partial charge in [-0.2, -0.15) is 0 Å². The molecule has 0 saturated carbocycles. The van der Waals surface area contributed by atoms with Gasteiger partial charge in [0.05, 0.1) is 7.11 Å². The molecule has 0 unspecified atom stereocenters. The third-order valence-corrected chi connectivity index (χ3v) is 3.87. The van der Waals surface area contributed by atoms with Gasteiger partial charge in [0, 0.05) is 0 Å². The molecule has 0 aliphatic heterocycles. The molecule has 94 valence electrons. The normalized spacial score (nSPS) is 18.7. The highest BCUT2D eigenvalue weighted by atomic mass is 19.1. The summed E-state index contributed by atoms with van der Waals surface area (Å²) in [4.78, 5) is 0. The van der Waals surface area contributed by atoms with E-state index < -0.39 is 0 Å². The molecule has 0 bridgehead atoms. The average Bonchev–Trinajstić information content (AvgIpc) is 2.86. The first-order valence-corrected chi connectivity index (χ1v) is 6.55. The Hall–Kier alpha value is -1.57. The van der Waals surface area contributed by atoms with Crippen LogP contribution in [0.25, 0.3) is 5.57 Å². The molecule has 0 N–H and O–H groups in total. The molecule has 2 aliphatic carbocycles. The Labute approximate surface area is 107 Å². The quantitative estimate of drug-likeness (QED) is 0.758. The first-order chi connectivity index (χ1) is 8.79. The van der Waals surface area contributed by atoms with E-state index in [-0.39, 0.29) is 5.83 Å². The van der Waals surface area contributed by atoms with Crippen LogP contribution in [0.5, 0.6) is 0 Å². The molecule has 0 saturated heterocycles. The van der Waals surface area contributed by atoms with Crippen molar-refractivity contribution in [1.82, 2.24) is 0 Å². The van der Waals surface area contributed by atoms with Crippen molar-refractivity contribution in [3.63, 3.8) is 0 Å².